The van der Waals surface area contributed by atoms with E-state index in [-0.39, 0.29) is 0 Å². The van der Waals surface area contributed by atoms with E-state index in [2.05, 4.69) is 62.4 Å². The SMILES string of the molecule is CCCc1nnc(SCc2ccc(Br)cc2)n1/N=C\c1ccccc1. The molecule has 0 saturated heterocycles. The first-order valence-electron chi connectivity index (χ1n) is 8.17. The maximum Gasteiger partial charge on any atom is 0.212 e. The summed E-state index contributed by atoms with van der Waals surface area (Å²) < 4.78 is 2.95. The molecule has 0 radical (unpaired) electrons. The average Bonchev–Trinajstić information content (AvgIpc) is 3.02. The van der Waals surface area contributed by atoms with Crippen molar-refractivity contribution in [2.24, 2.45) is 5.10 Å². The third-order valence-electron chi connectivity index (χ3n) is 3.55. The van der Waals surface area contributed by atoms with E-state index in [1.807, 2.05) is 41.2 Å². The van der Waals surface area contributed by atoms with Crippen LogP contribution in [0.2, 0.25) is 0 Å². The molecule has 0 spiro atoms. The zero-order valence-electron chi connectivity index (χ0n) is 14.0. The van der Waals surface area contributed by atoms with Gasteiger partial charge in [-0.05, 0) is 29.7 Å². The van der Waals surface area contributed by atoms with E-state index in [1.54, 1.807) is 11.8 Å². The second kappa shape index (κ2) is 8.97. The summed E-state index contributed by atoms with van der Waals surface area (Å²) in [5.41, 5.74) is 2.30. The van der Waals surface area contributed by atoms with Crippen molar-refractivity contribution in [2.45, 2.75) is 30.7 Å². The number of thioether (sulfide) groups is 1. The Morgan fingerprint density at radius 3 is 2.56 bits per heavy atom. The molecule has 3 aromatic rings. The lowest BCUT2D eigenvalue weighted by Crippen LogP contribution is -2.00. The van der Waals surface area contributed by atoms with Gasteiger partial charge in [0.2, 0.25) is 5.16 Å². The summed E-state index contributed by atoms with van der Waals surface area (Å²) in [4.78, 5) is 0. The molecule has 6 heteroatoms. The summed E-state index contributed by atoms with van der Waals surface area (Å²) in [7, 11) is 0. The molecule has 0 amide bonds. The van der Waals surface area contributed by atoms with Crippen LogP contribution in [0.4, 0.5) is 0 Å². The molecule has 0 aliphatic rings. The molecule has 4 nitrogen and oxygen atoms in total. The lowest BCUT2D eigenvalue weighted by Gasteiger charge is -2.04. The van der Waals surface area contributed by atoms with E-state index < -0.39 is 0 Å². The summed E-state index contributed by atoms with van der Waals surface area (Å²) in [5.74, 6) is 1.73. The molecule has 0 fully saturated rings. The third kappa shape index (κ3) is 5.03. The van der Waals surface area contributed by atoms with Crippen molar-refractivity contribution >= 4 is 33.9 Å². The summed E-state index contributed by atoms with van der Waals surface area (Å²) in [6, 6.07) is 18.4. The fourth-order valence-corrected chi connectivity index (χ4v) is 3.40. The van der Waals surface area contributed by atoms with E-state index in [0.717, 1.165) is 39.6 Å². The van der Waals surface area contributed by atoms with Gasteiger partial charge in [-0.2, -0.15) is 9.78 Å². The van der Waals surface area contributed by atoms with Crippen LogP contribution in [0.25, 0.3) is 0 Å². The molecule has 128 valence electrons. The molecule has 25 heavy (non-hydrogen) atoms. The molecule has 0 aliphatic carbocycles. The normalized spacial score (nSPS) is 11.3. The highest BCUT2D eigenvalue weighted by Gasteiger charge is 2.11. The summed E-state index contributed by atoms with van der Waals surface area (Å²) >= 11 is 5.11. The van der Waals surface area contributed by atoms with Crippen molar-refractivity contribution < 1.29 is 0 Å². The molecule has 0 saturated carbocycles. The highest BCUT2D eigenvalue weighted by Crippen LogP contribution is 2.23. The van der Waals surface area contributed by atoms with Crippen molar-refractivity contribution in [3.8, 4) is 0 Å². The van der Waals surface area contributed by atoms with Crippen LogP contribution in [-0.4, -0.2) is 21.1 Å². The van der Waals surface area contributed by atoms with Crippen LogP contribution < -0.4 is 0 Å². The quantitative estimate of drug-likeness (QED) is 0.395. The van der Waals surface area contributed by atoms with Gasteiger partial charge in [-0.15, -0.1) is 10.2 Å². The van der Waals surface area contributed by atoms with Gasteiger partial charge in [0.05, 0.1) is 6.21 Å². The second-order valence-corrected chi connectivity index (χ2v) is 7.39. The van der Waals surface area contributed by atoms with Crippen molar-refractivity contribution in [1.29, 1.82) is 0 Å². The Kier molecular flexibility index (Phi) is 6.42. The Labute approximate surface area is 160 Å². The Morgan fingerprint density at radius 1 is 1.08 bits per heavy atom. The molecule has 1 heterocycles. The molecular weight excluding hydrogens is 396 g/mol. The zero-order valence-corrected chi connectivity index (χ0v) is 16.4. The topological polar surface area (TPSA) is 43.1 Å². The fourth-order valence-electron chi connectivity index (χ4n) is 2.27. The molecule has 0 aliphatic heterocycles. The van der Waals surface area contributed by atoms with Gasteiger partial charge in [-0.1, -0.05) is 77.1 Å². The number of benzene rings is 2. The predicted molar refractivity (Wildman–Crippen MR) is 107 cm³/mol. The maximum atomic E-state index is 4.62. The standard InChI is InChI=1S/C19H19BrN4S/c1-2-6-18-22-23-19(25-14-16-9-11-17(20)12-10-16)24(18)21-13-15-7-4-3-5-8-15/h3-5,7-13H,2,6,14H2,1H3/b21-13-. The summed E-state index contributed by atoms with van der Waals surface area (Å²) in [6.45, 7) is 2.13. The summed E-state index contributed by atoms with van der Waals surface area (Å²) in [6.07, 6.45) is 3.72. The summed E-state index contributed by atoms with van der Waals surface area (Å²) in [5, 5.41) is 14.1. The van der Waals surface area contributed by atoms with Crippen molar-refractivity contribution in [1.82, 2.24) is 14.9 Å². The Morgan fingerprint density at radius 2 is 1.84 bits per heavy atom. The number of aromatic nitrogens is 3. The zero-order chi connectivity index (χ0) is 17.5. The fraction of sp³-hybridized carbons (Fsp3) is 0.211. The molecule has 0 bridgehead atoms. The van der Waals surface area contributed by atoms with Gasteiger partial charge in [0, 0.05) is 16.6 Å². The molecule has 2 aromatic carbocycles. The average molecular weight is 415 g/mol. The van der Waals surface area contributed by atoms with Gasteiger partial charge >= 0.3 is 0 Å². The number of halogens is 1. The first-order chi connectivity index (χ1) is 12.3. The van der Waals surface area contributed by atoms with Gasteiger partial charge in [0.25, 0.3) is 0 Å². The van der Waals surface area contributed by atoms with Crippen LogP contribution >= 0.6 is 27.7 Å². The smallest absolute Gasteiger partial charge is 0.191 e. The monoisotopic (exact) mass is 414 g/mol. The van der Waals surface area contributed by atoms with E-state index in [0.29, 0.717) is 0 Å². The van der Waals surface area contributed by atoms with Crippen molar-refractivity contribution in [3.05, 3.63) is 76.0 Å². The van der Waals surface area contributed by atoms with Crippen LogP contribution in [-0.2, 0) is 12.2 Å². The molecule has 0 N–H and O–H groups in total. The number of nitrogens with zero attached hydrogens (tertiary/aromatic N) is 4. The van der Waals surface area contributed by atoms with Crippen LogP contribution in [0.3, 0.4) is 0 Å². The molecule has 0 unspecified atom stereocenters. The van der Waals surface area contributed by atoms with Crippen molar-refractivity contribution in [3.63, 3.8) is 0 Å². The number of aryl methyl sites for hydroxylation is 1. The van der Waals surface area contributed by atoms with Gasteiger partial charge < -0.3 is 0 Å². The van der Waals surface area contributed by atoms with Crippen molar-refractivity contribution in [2.75, 3.05) is 0 Å². The lowest BCUT2D eigenvalue weighted by atomic mass is 10.2. The first kappa shape index (κ1) is 17.9. The maximum absolute atomic E-state index is 4.62. The molecular formula is C19H19BrN4S. The number of hydrogen-bond acceptors (Lipinski definition) is 4. The minimum atomic E-state index is 0.818. The minimum Gasteiger partial charge on any atom is -0.191 e. The number of rotatable bonds is 7. The highest BCUT2D eigenvalue weighted by atomic mass is 79.9. The van der Waals surface area contributed by atoms with Gasteiger partial charge in [-0.25, -0.2) is 0 Å². The molecule has 1 aromatic heterocycles. The largest absolute Gasteiger partial charge is 0.212 e. The van der Waals surface area contributed by atoms with Crippen LogP contribution in [0.15, 0.2) is 69.3 Å². The van der Waals surface area contributed by atoms with E-state index in [1.165, 1.54) is 5.56 Å². The number of hydrogen-bond donors (Lipinski definition) is 0. The van der Waals surface area contributed by atoms with Crippen LogP contribution in [0, 0.1) is 0 Å². The van der Waals surface area contributed by atoms with E-state index in [9.17, 15) is 0 Å². The predicted octanol–water partition coefficient (Wildman–Crippen LogP) is 5.17. The van der Waals surface area contributed by atoms with Gasteiger partial charge in [0.15, 0.2) is 5.82 Å². The minimum absolute atomic E-state index is 0.818. The first-order valence-corrected chi connectivity index (χ1v) is 9.95. The third-order valence-corrected chi connectivity index (χ3v) is 5.07. The van der Waals surface area contributed by atoms with Gasteiger partial charge in [0.1, 0.15) is 0 Å². The Bertz CT molecular complexity index is 828. The Hall–Kier alpha value is -1.92. The molecule has 0 atom stereocenters. The second-order valence-electron chi connectivity index (χ2n) is 5.53. The van der Waals surface area contributed by atoms with Crippen LogP contribution in [0.5, 0.6) is 0 Å². The Balaban J connectivity index is 1.78. The highest BCUT2D eigenvalue weighted by molar-refractivity contribution is 9.10. The van der Waals surface area contributed by atoms with E-state index >= 15 is 0 Å². The van der Waals surface area contributed by atoms with Gasteiger partial charge in [-0.3, -0.25) is 0 Å². The molecule has 3 rings (SSSR count). The lowest BCUT2D eigenvalue weighted by molar-refractivity contribution is 0.700. The van der Waals surface area contributed by atoms with Crippen LogP contribution in [0.1, 0.15) is 30.3 Å². The van der Waals surface area contributed by atoms with E-state index in [4.69, 9.17) is 0 Å².